The zero-order chi connectivity index (χ0) is 14.0. The minimum Gasteiger partial charge on any atom is -0.277 e. The summed E-state index contributed by atoms with van der Waals surface area (Å²) >= 11 is 0. The third kappa shape index (κ3) is 2.23. The van der Waals surface area contributed by atoms with Crippen molar-refractivity contribution in [2.24, 2.45) is 11.3 Å². The van der Waals surface area contributed by atoms with Gasteiger partial charge in [-0.2, -0.15) is 0 Å². The van der Waals surface area contributed by atoms with E-state index in [0.29, 0.717) is 0 Å². The Morgan fingerprint density at radius 1 is 1.00 bits per heavy atom. The molecule has 0 aliphatic carbocycles. The molecule has 1 aromatic carbocycles. The van der Waals surface area contributed by atoms with Crippen LogP contribution in [0.4, 0.5) is 4.79 Å². The monoisotopic (exact) mass is 260 g/mol. The second kappa shape index (κ2) is 4.84. The second-order valence-corrected chi connectivity index (χ2v) is 5.03. The van der Waals surface area contributed by atoms with Crippen LogP contribution in [0.2, 0.25) is 0 Å². The summed E-state index contributed by atoms with van der Waals surface area (Å²) in [6.45, 7) is 3.61. The largest absolute Gasteiger partial charge is 0.328 e. The summed E-state index contributed by atoms with van der Waals surface area (Å²) in [5.41, 5.74) is -0.356. The molecule has 5 heteroatoms. The third-order valence-corrected chi connectivity index (χ3v) is 3.58. The van der Waals surface area contributed by atoms with E-state index in [4.69, 9.17) is 0 Å². The third-order valence-electron chi connectivity index (χ3n) is 3.58. The molecule has 0 spiro atoms. The Labute approximate surface area is 111 Å². The van der Waals surface area contributed by atoms with Crippen molar-refractivity contribution in [3.63, 3.8) is 0 Å². The van der Waals surface area contributed by atoms with Gasteiger partial charge in [0.15, 0.2) is 0 Å². The van der Waals surface area contributed by atoms with Crippen LogP contribution in [-0.2, 0) is 16.0 Å². The molecule has 100 valence electrons. The van der Waals surface area contributed by atoms with Crippen LogP contribution >= 0.6 is 0 Å². The molecular formula is C14H16N2O3. The summed E-state index contributed by atoms with van der Waals surface area (Å²) in [5.74, 6) is -1.28. The van der Waals surface area contributed by atoms with Gasteiger partial charge >= 0.3 is 6.03 Å². The minimum absolute atomic E-state index is 0.221. The topological polar surface area (TPSA) is 75.3 Å². The first-order valence-electron chi connectivity index (χ1n) is 6.17. The molecule has 5 nitrogen and oxygen atoms in total. The maximum Gasteiger partial charge on any atom is 0.328 e. The molecule has 0 bridgehead atoms. The molecule has 1 aromatic rings. The van der Waals surface area contributed by atoms with Gasteiger partial charge in [0.05, 0.1) is 0 Å². The molecule has 1 aliphatic heterocycles. The molecule has 2 rings (SSSR count). The van der Waals surface area contributed by atoms with Crippen LogP contribution in [0.1, 0.15) is 19.4 Å². The number of hydrogen-bond donors (Lipinski definition) is 2. The lowest BCUT2D eigenvalue weighted by Gasteiger charge is -2.37. The van der Waals surface area contributed by atoms with Gasteiger partial charge in [-0.1, -0.05) is 44.2 Å². The van der Waals surface area contributed by atoms with Gasteiger partial charge in [-0.15, -0.1) is 0 Å². The number of carbonyl (C=O) groups is 3. The van der Waals surface area contributed by atoms with Crippen molar-refractivity contribution >= 4 is 17.8 Å². The number of hydrogen-bond acceptors (Lipinski definition) is 3. The van der Waals surface area contributed by atoms with Crippen molar-refractivity contribution in [3.8, 4) is 0 Å². The van der Waals surface area contributed by atoms with Crippen molar-refractivity contribution < 1.29 is 14.4 Å². The van der Waals surface area contributed by atoms with Crippen LogP contribution in [0.5, 0.6) is 0 Å². The smallest absolute Gasteiger partial charge is 0.277 e. The van der Waals surface area contributed by atoms with Gasteiger partial charge < -0.3 is 0 Å². The van der Waals surface area contributed by atoms with E-state index in [0.717, 1.165) is 5.56 Å². The molecule has 1 aliphatic rings. The van der Waals surface area contributed by atoms with Crippen molar-refractivity contribution in [3.05, 3.63) is 35.9 Å². The Morgan fingerprint density at radius 2 is 1.53 bits per heavy atom. The number of urea groups is 1. The molecule has 4 amide bonds. The summed E-state index contributed by atoms with van der Waals surface area (Å²) in [7, 11) is 0. The molecule has 1 fully saturated rings. The predicted octanol–water partition coefficient (Wildman–Crippen LogP) is 1.24. The van der Waals surface area contributed by atoms with Crippen LogP contribution < -0.4 is 10.6 Å². The number of amides is 4. The minimum atomic E-state index is -1.24. The van der Waals surface area contributed by atoms with Gasteiger partial charge in [0.25, 0.3) is 0 Å². The molecular weight excluding hydrogens is 244 g/mol. The fraction of sp³-hybridized carbons (Fsp3) is 0.357. The maximum absolute atomic E-state index is 12.2. The second-order valence-electron chi connectivity index (χ2n) is 5.03. The molecule has 19 heavy (non-hydrogen) atoms. The van der Waals surface area contributed by atoms with E-state index in [-0.39, 0.29) is 12.3 Å². The highest BCUT2D eigenvalue weighted by molar-refractivity contribution is 6.19. The lowest BCUT2D eigenvalue weighted by atomic mass is 9.70. The summed E-state index contributed by atoms with van der Waals surface area (Å²) in [5, 5.41) is 4.38. The van der Waals surface area contributed by atoms with Crippen LogP contribution in [0.15, 0.2) is 30.3 Å². The van der Waals surface area contributed by atoms with Crippen LogP contribution in [0.25, 0.3) is 0 Å². The van der Waals surface area contributed by atoms with Crippen LogP contribution in [0.3, 0.4) is 0 Å². The standard InChI is InChI=1S/C14H16N2O3/c1-9(2)14(8-10-6-4-3-5-7-10)11(17)15-13(19)16-12(14)18/h3-7,9H,8H2,1-2H3,(H2,15,16,17,18,19). The zero-order valence-electron chi connectivity index (χ0n) is 10.9. The van der Waals surface area contributed by atoms with E-state index in [1.165, 1.54) is 0 Å². The highest BCUT2D eigenvalue weighted by Gasteiger charge is 2.52. The quantitative estimate of drug-likeness (QED) is 0.803. The first-order valence-corrected chi connectivity index (χ1v) is 6.17. The fourth-order valence-corrected chi connectivity index (χ4v) is 2.37. The van der Waals surface area contributed by atoms with Crippen molar-refractivity contribution in [1.29, 1.82) is 0 Å². The highest BCUT2D eigenvalue weighted by atomic mass is 16.2. The van der Waals surface area contributed by atoms with E-state index >= 15 is 0 Å². The zero-order valence-corrected chi connectivity index (χ0v) is 10.9. The molecule has 0 unspecified atom stereocenters. The molecule has 1 heterocycles. The van der Waals surface area contributed by atoms with Crippen molar-refractivity contribution in [2.75, 3.05) is 0 Å². The molecule has 0 radical (unpaired) electrons. The predicted molar refractivity (Wildman–Crippen MR) is 69.1 cm³/mol. The molecule has 1 saturated heterocycles. The summed E-state index contributed by atoms with van der Waals surface area (Å²) in [4.78, 5) is 35.6. The lowest BCUT2D eigenvalue weighted by Crippen LogP contribution is -2.65. The van der Waals surface area contributed by atoms with Gasteiger partial charge in [-0.3, -0.25) is 20.2 Å². The number of barbiturate groups is 1. The number of nitrogens with one attached hydrogen (secondary N) is 2. The number of benzene rings is 1. The Balaban J connectivity index is 2.40. The van der Waals surface area contributed by atoms with Crippen molar-refractivity contribution in [2.45, 2.75) is 20.3 Å². The first-order chi connectivity index (χ1) is 8.96. The van der Waals surface area contributed by atoms with Gasteiger partial charge in [0.2, 0.25) is 11.8 Å². The first kappa shape index (κ1) is 13.3. The van der Waals surface area contributed by atoms with E-state index in [1.54, 1.807) is 13.8 Å². The van der Waals surface area contributed by atoms with Gasteiger partial charge in [-0.25, -0.2) is 4.79 Å². The van der Waals surface area contributed by atoms with Gasteiger partial charge in [0.1, 0.15) is 5.41 Å². The maximum atomic E-state index is 12.2. The number of carbonyl (C=O) groups excluding carboxylic acids is 3. The molecule has 0 atom stereocenters. The Hall–Kier alpha value is -2.17. The molecule has 2 N–H and O–H groups in total. The Morgan fingerprint density at radius 3 is 2.00 bits per heavy atom. The highest BCUT2D eigenvalue weighted by Crippen LogP contribution is 2.34. The van der Waals surface area contributed by atoms with Crippen molar-refractivity contribution in [1.82, 2.24) is 10.6 Å². The number of rotatable bonds is 3. The van der Waals surface area contributed by atoms with E-state index in [1.807, 2.05) is 30.3 Å². The van der Waals surface area contributed by atoms with Gasteiger partial charge in [-0.05, 0) is 17.9 Å². The van der Waals surface area contributed by atoms with E-state index in [2.05, 4.69) is 10.6 Å². The Bertz CT molecular complexity index is 503. The lowest BCUT2D eigenvalue weighted by molar-refractivity contribution is -0.147. The Kier molecular flexibility index (Phi) is 3.38. The fourth-order valence-electron chi connectivity index (χ4n) is 2.37. The van der Waals surface area contributed by atoms with Crippen LogP contribution in [0, 0.1) is 11.3 Å². The number of imide groups is 2. The van der Waals surface area contributed by atoms with E-state index in [9.17, 15) is 14.4 Å². The molecule has 0 aromatic heterocycles. The summed E-state index contributed by atoms with van der Waals surface area (Å²) in [6, 6.07) is 8.55. The summed E-state index contributed by atoms with van der Waals surface area (Å²) < 4.78 is 0. The van der Waals surface area contributed by atoms with E-state index < -0.39 is 23.3 Å². The normalized spacial score (nSPS) is 18.2. The SMILES string of the molecule is CC(C)C1(Cc2ccccc2)C(=O)NC(=O)NC1=O. The van der Waals surface area contributed by atoms with Crippen LogP contribution in [-0.4, -0.2) is 17.8 Å². The average Bonchev–Trinajstić information content (AvgIpc) is 2.34. The average molecular weight is 260 g/mol. The molecule has 0 saturated carbocycles. The van der Waals surface area contributed by atoms with Gasteiger partial charge in [0, 0.05) is 0 Å². The summed E-state index contributed by atoms with van der Waals surface area (Å²) in [6.07, 6.45) is 0.274.